The van der Waals surface area contributed by atoms with Crippen molar-refractivity contribution in [2.24, 2.45) is 5.92 Å². The van der Waals surface area contributed by atoms with Crippen molar-refractivity contribution in [2.75, 3.05) is 68.7 Å². The van der Waals surface area contributed by atoms with Gasteiger partial charge in [0, 0.05) is 93.7 Å². The first-order valence-corrected chi connectivity index (χ1v) is 21.9. The molecule has 0 aliphatic carbocycles. The third-order valence-electron chi connectivity index (χ3n) is 13.4. The lowest BCUT2D eigenvalue weighted by molar-refractivity contribution is -0.136. The molecule has 4 amide bonds. The Morgan fingerprint density at radius 1 is 0.839 bits per heavy atom. The lowest BCUT2D eigenvalue weighted by Crippen LogP contribution is -2.63. The Kier molecular flexibility index (Phi) is 11.4. The van der Waals surface area contributed by atoms with Crippen LogP contribution in [0.5, 0.6) is 5.75 Å². The Hall–Kier alpha value is -5.88. The Bertz CT molecular complexity index is 2430. The fraction of sp³-hybridized carbons (Fsp3) is 0.426. The van der Waals surface area contributed by atoms with Crippen molar-refractivity contribution in [1.29, 1.82) is 5.26 Å². The molecule has 4 saturated heterocycles. The van der Waals surface area contributed by atoms with Gasteiger partial charge in [-0.25, -0.2) is 9.97 Å². The quantitative estimate of drug-likeness (QED) is 0.201. The summed E-state index contributed by atoms with van der Waals surface area (Å²) in [5.74, 6) is 0.153. The number of imide groups is 2. The third kappa shape index (κ3) is 8.36. The van der Waals surface area contributed by atoms with Crippen LogP contribution in [0.1, 0.15) is 82.6 Å². The number of halogens is 1. The number of fused-ring (bicyclic) bond motifs is 1. The highest BCUT2D eigenvalue weighted by atomic mass is 35.5. The van der Waals surface area contributed by atoms with E-state index in [1.54, 1.807) is 18.2 Å². The van der Waals surface area contributed by atoms with Gasteiger partial charge in [0.05, 0.1) is 28.5 Å². The molecule has 62 heavy (non-hydrogen) atoms. The maximum absolute atomic E-state index is 13.3. The number of rotatable bonds is 11. The minimum Gasteiger partial charge on any atom is -0.487 e. The van der Waals surface area contributed by atoms with Crippen LogP contribution in [0, 0.1) is 17.2 Å². The molecule has 3 aromatic carbocycles. The summed E-state index contributed by atoms with van der Waals surface area (Å²) in [5, 5.41) is 12.2. The smallest absolute Gasteiger partial charge is 0.262 e. The van der Waals surface area contributed by atoms with Crippen LogP contribution in [-0.2, 0) is 21.6 Å². The Balaban J connectivity index is 0.700. The van der Waals surface area contributed by atoms with Crippen LogP contribution in [0.4, 0.5) is 11.6 Å². The number of piperidine rings is 2. The summed E-state index contributed by atoms with van der Waals surface area (Å²) in [5.41, 5.74) is 4.63. The van der Waals surface area contributed by atoms with Gasteiger partial charge >= 0.3 is 0 Å². The first-order chi connectivity index (χ1) is 29.9. The highest BCUT2D eigenvalue weighted by molar-refractivity contribution is 6.30. The van der Waals surface area contributed by atoms with E-state index in [9.17, 15) is 24.4 Å². The molecule has 0 bridgehead atoms. The normalized spacial score (nSPS) is 20.5. The van der Waals surface area contributed by atoms with Gasteiger partial charge in [0.15, 0.2) is 0 Å². The number of hydrogen-bond donors (Lipinski definition) is 1. The van der Waals surface area contributed by atoms with Crippen LogP contribution in [0.2, 0.25) is 5.02 Å². The summed E-state index contributed by atoms with van der Waals surface area (Å²) in [4.78, 5) is 70.8. The second-order valence-corrected chi connectivity index (χ2v) is 18.1. The minimum absolute atomic E-state index is 0.0996. The van der Waals surface area contributed by atoms with Crippen molar-refractivity contribution >= 4 is 46.9 Å². The molecule has 1 atom stereocenters. The molecule has 14 nitrogen and oxygen atoms in total. The molecular formula is C47H50ClN9O5. The molecular weight excluding hydrogens is 806 g/mol. The Labute approximate surface area is 366 Å². The van der Waals surface area contributed by atoms with E-state index in [0.29, 0.717) is 40.3 Å². The summed E-state index contributed by atoms with van der Waals surface area (Å²) in [7, 11) is 0. The lowest BCUT2D eigenvalue weighted by atomic mass is 9.78. The van der Waals surface area contributed by atoms with Crippen molar-refractivity contribution in [3.8, 4) is 11.8 Å². The number of ether oxygens (including phenoxy) is 1. The number of likely N-dealkylation sites (tertiary alicyclic amines) is 1. The largest absolute Gasteiger partial charge is 0.487 e. The van der Waals surface area contributed by atoms with Crippen LogP contribution in [0.3, 0.4) is 0 Å². The van der Waals surface area contributed by atoms with Crippen molar-refractivity contribution in [3.05, 3.63) is 111 Å². The molecule has 9 rings (SSSR count). The monoisotopic (exact) mass is 855 g/mol. The first-order valence-electron chi connectivity index (χ1n) is 21.5. The zero-order valence-electron chi connectivity index (χ0n) is 35.1. The second kappa shape index (κ2) is 17.1. The summed E-state index contributed by atoms with van der Waals surface area (Å²) in [6, 6.07) is 22.6. The predicted octanol–water partition coefficient (Wildman–Crippen LogP) is 5.03. The summed E-state index contributed by atoms with van der Waals surface area (Å²) in [6.07, 6.45) is 4.16. The van der Waals surface area contributed by atoms with Crippen molar-refractivity contribution < 1.29 is 23.9 Å². The van der Waals surface area contributed by atoms with E-state index < -0.39 is 23.8 Å². The van der Waals surface area contributed by atoms with Crippen LogP contribution in [0.15, 0.2) is 72.9 Å². The van der Waals surface area contributed by atoms with Gasteiger partial charge in [-0.3, -0.25) is 39.2 Å². The van der Waals surface area contributed by atoms with E-state index in [0.717, 1.165) is 111 Å². The molecule has 5 aliphatic rings. The van der Waals surface area contributed by atoms with Gasteiger partial charge in [0.2, 0.25) is 17.8 Å². The Morgan fingerprint density at radius 3 is 2.31 bits per heavy atom. The number of aromatic nitrogens is 2. The molecule has 0 spiro atoms. The highest BCUT2D eigenvalue weighted by Crippen LogP contribution is 2.36. The maximum Gasteiger partial charge on any atom is 0.262 e. The number of nitriles is 1. The summed E-state index contributed by atoms with van der Waals surface area (Å²) >= 11 is 6.31. The molecule has 4 aromatic rings. The van der Waals surface area contributed by atoms with Gasteiger partial charge in [-0.1, -0.05) is 37.6 Å². The number of benzene rings is 3. The molecule has 1 aromatic heterocycles. The second-order valence-electron chi connectivity index (χ2n) is 17.6. The van der Waals surface area contributed by atoms with E-state index in [-0.39, 0.29) is 24.2 Å². The van der Waals surface area contributed by atoms with Gasteiger partial charge in [-0.05, 0) is 90.9 Å². The van der Waals surface area contributed by atoms with Crippen LogP contribution < -0.4 is 19.9 Å². The molecule has 6 heterocycles. The molecule has 1 N–H and O–H groups in total. The first kappa shape index (κ1) is 41.5. The SMILES string of the molecule is CC(C)(c1ccc(OCc2ccnc(N3CCN(C4CN(CC5CCN(c6ccc7c(c6)C(=O)N(C6CCC(=O)NC6=O)C7=O)CC5)C4)CC3)n2)cc1)c1cc(Cl)cc(C#N)c1. The molecule has 5 aliphatic heterocycles. The van der Waals surface area contributed by atoms with Crippen LogP contribution in [-0.4, -0.2) is 119 Å². The van der Waals surface area contributed by atoms with Gasteiger partial charge in [0.25, 0.3) is 11.8 Å². The molecule has 0 saturated carbocycles. The van der Waals surface area contributed by atoms with Gasteiger partial charge in [0.1, 0.15) is 18.4 Å². The molecule has 320 valence electrons. The standard InChI is InChI=1S/C47H50ClN9O5/c1-47(2,33-21-31(25-49)22-34(48)23-33)32-3-6-38(7-4-32)62-29-35-11-14-50-46(51-35)56-19-17-55(18-20-56)37-27-53(28-37)26-30-12-15-54(16-13-30)36-5-8-39-40(24-36)45(61)57(44(39)60)41-9-10-42(58)52-43(41)59/h3-8,11,14,21-24,30,37,41H,9-10,12-13,15-20,26-29H2,1-2H3,(H,52,58,59). The Morgan fingerprint density at radius 2 is 1.58 bits per heavy atom. The topological polar surface area (TPSA) is 155 Å². The molecule has 1 unspecified atom stereocenters. The number of carbonyl (C=O) groups is 4. The van der Waals surface area contributed by atoms with Crippen molar-refractivity contribution in [2.45, 2.75) is 63.6 Å². The third-order valence-corrected chi connectivity index (χ3v) is 13.6. The maximum atomic E-state index is 13.3. The van der Waals surface area contributed by atoms with E-state index in [1.165, 1.54) is 0 Å². The predicted molar refractivity (Wildman–Crippen MR) is 233 cm³/mol. The number of carbonyl (C=O) groups excluding carboxylic acids is 4. The number of hydrogen-bond acceptors (Lipinski definition) is 12. The molecule has 15 heteroatoms. The minimum atomic E-state index is -0.963. The number of amides is 4. The van der Waals surface area contributed by atoms with E-state index in [2.05, 4.69) is 61.9 Å². The van der Waals surface area contributed by atoms with E-state index in [1.807, 2.05) is 42.6 Å². The molecule has 4 fully saturated rings. The van der Waals surface area contributed by atoms with E-state index in [4.69, 9.17) is 21.3 Å². The number of piperazine rings is 1. The van der Waals surface area contributed by atoms with Gasteiger partial charge in [-0.15, -0.1) is 0 Å². The fourth-order valence-corrected chi connectivity index (χ4v) is 9.76. The van der Waals surface area contributed by atoms with E-state index >= 15 is 0 Å². The average Bonchev–Trinajstić information content (AvgIpc) is 3.52. The zero-order valence-corrected chi connectivity index (χ0v) is 35.8. The fourth-order valence-electron chi connectivity index (χ4n) is 9.53. The van der Waals surface area contributed by atoms with Gasteiger partial charge in [-0.2, -0.15) is 5.26 Å². The lowest BCUT2D eigenvalue weighted by Gasteiger charge is -2.49. The number of anilines is 2. The van der Waals surface area contributed by atoms with Crippen LogP contribution >= 0.6 is 11.6 Å². The van der Waals surface area contributed by atoms with Crippen molar-refractivity contribution in [3.63, 3.8) is 0 Å². The van der Waals surface area contributed by atoms with Crippen LogP contribution in [0.25, 0.3) is 0 Å². The summed E-state index contributed by atoms with van der Waals surface area (Å²) < 4.78 is 6.14. The average molecular weight is 856 g/mol. The zero-order chi connectivity index (χ0) is 43.1. The number of nitrogens with one attached hydrogen (secondary N) is 1. The summed E-state index contributed by atoms with van der Waals surface area (Å²) in [6.45, 7) is 13.2. The number of nitrogens with zero attached hydrogens (tertiary/aromatic N) is 8. The highest BCUT2D eigenvalue weighted by Gasteiger charge is 2.45. The molecule has 0 radical (unpaired) electrons. The van der Waals surface area contributed by atoms with Gasteiger partial charge < -0.3 is 14.5 Å². The van der Waals surface area contributed by atoms with Crippen molar-refractivity contribution in [1.82, 2.24) is 30.0 Å².